The van der Waals surface area contributed by atoms with Crippen LogP contribution >= 0.6 is 27.5 Å². The molecule has 0 fully saturated rings. The lowest BCUT2D eigenvalue weighted by Crippen LogP contribution is -2.26. The van der Waals surface area contributed by atoms with Gasteiger partial charge in [-0.3, -0.25) is 9.59 Å². The Labute approximate surface area is 182 Å². The van der Waals surface area contributed by atoms with Gasteiger partial charge in [0.05, 0.1) is 5.02 Å². The Hall–Kier alpha value is -2.83. The van der Waals surface area contributed by atoms with Gasteiger partial charge in [-0.1, -0.05) is 51.8 Å². The molecule has 3 rings (SSSR count). The lowest BCUT2D eigenvalue weighted by Gasteiger charge is -2.17. The highest BCUT2D eigenvalue weighted by Gasteiger charge is 2.14. The third-order valence-corrected chi connectivity index (χ3v) is 4.88. The molecule has 0 aromatic heterocycles. The Kier molecular flexibility index (Phi) is 6.90. The second-order valence-corrected chi connectivity index (χ2v) is 7.51. The highest BCUT2D eigenvalue weighted by Crippen LogP contribution is 2.27. The topological polar surface area (TPSA) is 58.6 Å². The zero-order valence-corrected chi connectivity index (χ0v) is 17.9. The largest absolute Gasteiger partial charge is 0.482 e. The Morgan fingerprint density at radius 1 is 1.03 bits per heavy atom. The molecule has 0 saturated carbocycles. The quantitative estimate of drug-likeness (QED) is 0.522. The maximum atomic E-state index is 12.7. The second kappa shape index (κ2) is 9.58. The van der Waals surface area contributed by atoms with Crippen LogP contribution in [0.15, 0.2) is 77.3 Å². The number of ether oxygens (including phenoxy) is 1. The molecule has 2 amide bonds. The van der Waals surface area contributed by atoms with E-state index in [2.05, 4.69) is 21.2 Å². The molecule has 0 radical (unpaired) electrons. The van der Waals surface area contributed by atoms with Crippen LogP contribution in [0.3, 0.4) is 0 Å². The Balaban J connectivity index is 1.63. The molecular weight excluding hydrogens is 456 g/mol. The van der Waals surface area contributed by atoms with E-state index >= 15 is 0 Å². The van der Waals surface area contributed by atoms with Gasteiger partial charge >= 0.3 is 0 Å². The molecule has 0 aliphatic rings. The number of halogens is 2. The van der Waals surface area contributed by atoms with Gasteiger partial charge in [-0.25, -0.2) is 0 Å². The first-order valence-corrected chi connectivity index (χ1v) is 9.92. The number of carbonyl (C=O) groups excluding carboxylic acids is 2. The van der Waals surface area contributed by atoms with E-state index in [0.29, 0.717) is 22.0 Å². The molecule has 29 heavy (non-hydrogen) atoms. The summed E-state index contributed by atoms with van der Waals surface area (Å²) in [5.41, 5.74) is 1.76. The van der Waals surface area contributed by atoms with Crippen molar-refractivity contribution in [3.63, 3.8) is 0 Å². The number of anilines is 2. The number of carbonyl (C=O) groups is 2. The van der Waals surface area contributed by atoms with Crippen molar-refractivity contribution in [1.29, 1.82) is 0 Å². The molecule has 0 aliphatic carbocycles. The van der Waals surface area contributed by atoms with E-state index in [1.54, 1.807) is 54.4 Å². The van der Waals surface area contributed by atoms with Gasteiger partial charge in [-0.05, 0) is 48.5 Å². The number of nitrogens with zero attached hydrogens (tertiary/aromatic N) is 1. The molecule has 5 nitrogen and oxygen atoms in total. The van der Waals surface area contributed by atoms with Crippen molar-refractivity contribution in [3.8, 4) is 5.75 Å². The number of para-hydroxylation sites is 1. The van der Waals surface area contributed by atoms with Gasteiger partial charge in [-0.2, -0.15) is 0 Å². The van der Waals surface area contributed by atoms with Crippen LogP contribution in [0.25, 0.3) is 0 Å². The van der Waals surface area contributed by atoms with E-state index in [-0.39, 0.29) is 18.4 Å². The van der Waals surface area contributed by atoms with Crippen LogP contribution in [-0.4, -0.2) is 25.5 Å². The van der Waals surface area contributed by atoms with Gasteiger partial charge in [0.1, 0.15) is 5.75 Å². The molecule has 0 heterocycles. The Bertz CT molecular complexity index is 1030. The number of nitrogens with one attached hydrogen (secondary N) is 1. The molecule has 0 spiro atoms. The number of hydrogen-bond acceptors (Lipinski definition) is 3. The number of benzene rings is 3. The number of hydrogen-bond donors (Lipinski definition) is 1. The van der Waals surface area contributed by atoms with Crippen LogP contribution < -0.4 is 15.0 Å². The van der Waals surface area contributed by atoms with Crippen molar-refractivity contribution in [2.24, 2.45) is 0 Å². The fourth-order valence-electron chi connectivity index (χ4n) is 2.63. The average molecular weight is 474 g/mol. The molecule has 1 N–H and O–H groups in total. The lowest BCUT2D eigenvalue weighted by atomic mass is 10.1. The van der Waals surface area contributed by atoms with Crippen LogP contribution in [0.5, 0.6) is 5.75 Å². The maximum Gasteiger partial charge on any atom is 0.262 e. The molecule has 3 aromatic carbocycles. The predicted octanol–water partition coefficient (Wildman–Crippen LogP) is 5.40. The standard InChI is InChI=1S/C22H18BrClN2O3/c1-26(18-8-3-2-4-9-18)22(28)15-6-5-7-17(12-15)25-21(27)14-29-20-11-10-16(23)13-19(20)24/h2-13H,14H2,1H3,(H,25,27). The minimum Gasteiger partial charge on any atom is -0.482 e. The molecule has 148 valence electrons. The van der Waals surface area contributed by atoms with E-state index in [4.69, 9.17) is 16.3 Å². The Morgan fingerprint density at radius 3 is 2.52 bits per heavy atom. The maximum absolute atomic E-state index is 12.7. The molecule has 0 saturated heterocycles. The first-order valence-electron chi connectivity index (χ1n) is 8.75. The van der Waals surface area contributed by atoms with Crippen LogP contribution in [-0.2, 0) is 4.79 Å². The monoisotopic (exact) mass is 472 g/mol. The van der Waals surface area contributed by atoms with E-state index in [9.17, 15) is 9.59 Å². The summed E-state index contributed by atoms with van der Waals surface area (Å²) in [5.74, 6) is -0.117. The first-order chi connectivity index (χ1) is 13.9. The average Bonchev–Trinajstić information content (AvgIpc) is 2.73. The van der Waals surface area contributed by atoms with Crippen LogP contribution in [0, 0.1) is 0 Å². The summed E-state index contributed by atoms with van der Waals surface area (Å²) in [4.78, 5) is 26.5. The zero-order valence-electron chi connectivity index (χ0n) is 15.6. The highest BCUT2D eigenvalue weighted by atomic mass is 79.9. The first kappa shape index (κ1) is 20.9. The molecular formula is C22H18BrClN2O3. The summed E-state index contributed by atoms with van der Waals surface area (Å²) in [6, 6.07) is 21.2. The molecule has 7 heteroatoms. The van der Waals surface area contributed by atoms with Crippen molar-refractivity contribution in [2.45, 2.75) is 0 Å². The summed E-state index contributed by atoms with van der Waals surface area (Å²) >= 11 is 9.39. The third-order valence-electron chi connectivity index (χ3n) is 4.09. The van der Waals surface area contributed by atoms with Crippen molar-refractivity contribution >= 4 is 50.7 Å². The van der Waals surface area contributed by atoms with E-state index in [1.165, 1.54) is 0 Å². The summed E-state index contributed by atoms with van der Waals surface area (Å²) in [5, 5.41) is 3.14. The van der Waals surface area contributed by atoms with E-state index in [1.807, 2.05) is 30.3 Å². The minimum absolute atomic E-state index is 0.176. The molecule has 0 unspecified atom stereocenters. The fraction of sp³-hybridized carbons (Fsp3) is 0.0909. The van der Waals surface area contributed by atoms with Gasteiger partial charge in [0.15, 0.2) is 6.61 Å². The van der Waals surface area contributed by atoms with Gasteiger partial charge in [0, 0.05) is 28.5 Å². The predicted molar refractivity (Wildman–Crippen MR) is 119 cm³/mol. The minimum atomic E-state index is -0.356. The number of rotatable bonds is 6. The second-order valence-electron chi connectivity index (χ2n) is 6.19. The summed E-state index contributed by atoms with van der Waals surface area (Å²) in [6.07, 6.45) is 0. The SMILES string of the molecule is CN(C(=O)c1cccc(NC(=O)COc2ccc(Br)cc2Cl)c1)c1ccccc1. The lowest BCUT2D eigenvalue weighted by molar-refractivity contribution is -0.118. The van der Waals surface area contributed by atoms with Gasteiger partial charge in [0.2, 0.25) is 0 Å². The summed E-state index contributed by atoms with van der Waals surface area (Å²) < 4.78 is 6.28. The van der Waals surface area contributed by atoms with Crippen LogP contribution in [0.2, 0.25) is 5.02 Å². The molecule has 0 bridgehead atoms. The Morgan fingerprint density at radius 2 is 1.79 bits per heavy atom. The van der Waals surface area contributed by atoms with Gasteiger partial charge in [0.25, 0.3) is 11.8 Å². The highest BCUT2D eigenvalue weighted by molar-refractivity contribution is 9.10. The summed E-state index contributed by atoms with van der Waals surface area (Å²) in [6.45, 7) is -0.205. The summed E-state index contributed by atoms with van der Waals surface area (Å²) in [7, 11) is 1.71. The number of amides is 2. The molecule has 3 aromatic rings. The smallest absolute Gasteiger partial charge is 0.262 e. The molecule has 0 atom stereocenters. The third kappa shape index (κ3) is 5.59. The molecule has 0 aliphatic heterocycles. The van der Waals surface area contributed by atoms with Crippen molar-refractivity contribution in [3.05, 3.63) is 87.9 Å². The van der Waals surface area contributed by atoms with Crippen LogP contribution in [0.4, 0.5) is 11.4 Å². The van der Waals surface area contributed by atoms with Gasteiger partial charge in [-0.15, -0.1) is 0 Å². The van der Waals surface area contributed by atoms with Crippen LogP contribution in [0.1, 0.15) is 10.4 Å². The van der Waals surface area contributed by atoms with E-state index < -0.39 is 0 Å². The fourth-order valence-corrected chi connectivity index (χ4v) is 3.35. The van der Waals surface area contributed by atoms with Gasteiger partial charge < -0.3 is 15.0 Å². The van der Waals surface area contributed by atoms with Crippen molar-refractivity contribution in [2.75, 3.05) is 23.9 Å². The van der Waals surface area contributed by atoms with E-state index in [0.717, 1.165) is 10.2 Å². The van der Waals surface area contributed by atoms with Crippen molar-refractivity contribution in [1.82, 2.24) is 0 Å². The zero-order chi connectivity index (χ0) is 20.8. The normalized spacial score (nSPS) is 10.3. The van der Waals surface area contributed by atoms with Crippen molar-refractivity contribution < 1.29 is 14.3 Å².